The predicted octanol–water partition coefficient (Wildman–Crippen LogP) is 3.34. The molecule has 1 fully saturated rings. The van der Waals surface area contributed by atoms with Gasteiger partial charge >= 0.3 is 0 Å². The fourth-order valence-corrected chi connectivity index (χ4v) is 4.84. The molecule has 7 heteroatoms. The van der Waals surface area contributed by atoms with Crippen LogP contribution in [0.5, 0.6) is 0 Å². The molecule has 2 N–H and O–H groups in total. The molecule has 7 nitrogen and oxygen atoms in total. The first-order valence-corrected chi connectivity index (χ1v) is 11.4. The highest BCUT2D eigenvalue weighted by atomic mass is 16.5. The number of ether oxygens (including phenoxy) is 1. The Morgan fingerprint density at radius 2 is 1.79 bits per heavy atom. The van der Waals surface area contributed by atoms with Gasteiger partial charge in [0.05, 0.1) is 13.2 Å². The van der Waals surface area contributed by atoms with E-state index in [-0.39, 0.29) is 18.0 Å². The number of nitrogens with one attached hydrogen (secondary N) is 1. The van der Waals surface area contributed by atoms with Crippen molar-refractivity contribution in [2.45, 2.75) is 38.9 Å². The Kier molecular flexibility index (Phi) is 7.23. The Labute approximate surface area is 194 Å². The van der Waals surface area contributed by atoms with Gasteiger partial charge in [-0.05, 0) is 61.2 Å². The summed E-state index contributed by atoms with van der Waals surface area (Å²) in [5.41, 5.74) is 6.21. The zero-order chi connectivity index (χ0) is 23.4. The van der Waals surface area contributed by atoms with Crippen LogP contribution in [0.1, 0.15) is 52.1 Å². The summed E-state index contributed by atoms with van der Waals surface area (Å²) in [5.74, 6) is -0.448. The normalized spacial score (nSPS) is 21.4. The number of benzene rings is 2. The summed E-state index contributed by atoms with van der Waals surface area (Å²) < 4.78 is 5.41. The highest BCUT2D eigenvalue weighted by Gasteiger charge is 2.33. The molecule has 1 saturated heterocycles. The van der Waals surface area contributed by atoms with Crippen molar-refractivity contribution in [3.05, 3.63) is 76.9 Å². The molecule has 0 aromatic heterocycles. The molecule has 2 aromatic rings. The Bertz CT molecular complexity index is 1020. The smallest absolute Gasteiger partial charge is 0.274 e. The fourth-order valence-electron chi connectivity index (χ4n) is 4.84. The molecule has 2 heterocycles. The van der Waals surface area contributed by atoms with Crippen LogP contribution in [0.3, 0.4) is 0 Å². The molecule has 0 radical (unpaired) electrons. The summed E-state index contributed by atoms with van der Waals surface area (Å²) in [6, 6.07) is 15.3. The third-order valence-electron chi connectivity index (χ3n) is 6.40. The number of rotatable bonds is 5. The molecule has 4 rings (SSSR count). The Hall–Kier alpha value is -3.00. The number of hydrogen-bond donors (Lipinski definition) is 2. The van der Waals surface area contributed by atoms with E-state index in [4.69, 9.17) is 9.94 Å². The maximum Gasteiger partial charge on any atom is 0.274 e. The second kappa shape index (κ2) is 10.3. The summed E-state index contributed by atoms with van der Waals surface area (Å²) in [6.07, 6.45) is 2.97. The lowest BCUT2D eigenvalue weighted by Crippen LogP contribution is -2.58. The first-order valence-electron chi connectivity index (χ1n) is 11.4. The summed E-state index contributed by atoms with van der Waals surface area (Å²) in [5, 5.41) is 8.76. The molecule has 0 spiro atoms. The average Bonchev–Trinajstić information content (AvgIpc) is 2.84. The second-order valence-corrected chi connectivity index (χ2v) is 8.88. The molecule has 0 saturated carbocycles. The minimum absolute atomic E-state index is 0.0727. The molecule has 0 aliphatic carbocycles. The molecule has 2 atom stereocenters. The molecule has 174 valence electrons. The van der Waals surface area contributed by atoms with Gasteiger partial charge in [0.2, 0.25) is 0 Å². The maximum absolute atomic E-state index is 13.5. The van der Waals surface area contributed by atoms with Crippen LogP contribution in [-0.2, 0) is 11.3 Å². The number of piperazine rings is 1. The molecule has 0 bridgehead atoms. The monoisotopic (exact) mass is 449 g/mol. The SMILES string of the molecule is C[C@@H]1CN(Cc2ccc(C(=O)NO)cc2)C[C@H](C)N1C(=O)c1cccc(C2=CCOCC2)c1. The lowest BCUT2D eigenvalue weighted by molar-refractivity contribution is 0.0268. The van der Waals surface area contributed by atoms with Crippen molar-refractivity contribution in [2.75, 3.05) is 26.3 Å². The van der Waals surface area contributed by atoms with E-state index in [2.05, 4.69) is 30.9 Å². The lowest BCUT2D eigenvalue weighted by atomic mass is 9.98. The summed E-state index contributed by atoms with van der Waals surface area (Å²) in [7, 11) is 0. The van der Waals surface area contributed by atoms with Crippen LogP contribution < -0.4 is 5.48 Å². The van der Waals surface area contributed by atoms with Gasteiger partial charge in [0.1, 0.15) is 0 Å². The zero-order valence-electron chi connectivity index (χ0n) is 19.2. The Balaban J connectivity index is 1.42. The predicted molar refractivity (Wildman–Crippen MR) is 126 cm³/mol. The third-order valence-corrected chi connectivity index (χ3v) is 6.40. The number of nitrogens with zero attached hydrogens (tertiary/aromatic N) is 2. The van der Waals surface area contributed by atoms with Gasteiger partial charge in [-0.2, -0.15) is 0 Å². The highest BCUT2D eigenvalue weighted by molar-refractivity contribution is 5.95. The van der Waals surface area contributed by atoms with Gasteiger partial charge in [-0.15, -0.1) is 0 Å². The quantitative estimate of drug-likeness (QED) is 0.541. The van der Waals surface area contributed by atoms with Crippen molar-refractivity contribution in [1.82, 2.24) is 15.3 Å². The summed E-state index contributed by atoms with van der Waals surface area (Å²) >= 11 is 0. The van der Waals surface area contributed by atoms with Crippen LogP contribution >= 0.6 is 0 Å². The van der Waals surface area contributed by atoms with Gasteiger partial charge in [0.15, 0.2) is 0 Å². The molecule has 0 unspecified atom stereocenters. The van der Waals surface area contributed by atoms with Crippen molar-refractivity contribution in [3.8, 4) is 0 Å². The van der Waals surface area contributed by atoms with Gasteiger partial charge in [0.25, 0.3) is 11.8 Å². The topological polar surface area (TPSA) is 82.1 Å². The van der Waals surface area contributed by atoms with E-state index in [9.17, 15) is 9.59 Å². The number of hydrogen-bond acceptors (Lipinski definition) is 5. The van der Waals surface area contributed by atoms with Crippen LogP contribution in [0.4, 0.5) is 0 Å². The number of hydroxylamine groups is 1. The van der Waals surface area contributed by atoms with Crippen LogP contribution in [0.15, 0.2) is 54.6 Å². The number of carbonyl (C=O) groups is 2. The summed E-state index contributed by atoms with van der Waals surface area (Å²) in [4.78, 5) is 29.3. The van der Waals surface area contributed by atoms with Crippen molar-refractivity contribution in [3.63, 3.8) is 0 Å². The van der Waals surface area contributed by atoms with Crippen molar-refractivity contribution < 1.29 is 19.5 Å². The zero-order valence-corrected chi connectivity index (χ0v) is 19.2. The molecule has 2 aliphatic rings. The van der Waals surface area contributed by atoms with Crippen LogP contribution in [-0.4, -0.2) is 65.2 Å². The largest absolute Gasteiger partial charge is 0.377 e. The molecule has 2 aliphatic heterocycles. The molecular formula is C26H31N3O4. The Morgan fingerprint density at radius 3 is 2.42 bits per heavy atom. The van der Waals surface area contributed by atoms with Gasteiger partial charge < -0.3 is 9.64 Å². The third kappa shape index (κ3) is 5.33. The molecule has 2 aromatic carbocycles. The van der Waals surface area contributed by atoms with E-state index in [1.54, 1.807) is 17.6 Å². The minimum atomic E-state index is -0.520. The van der Waals surface area contributed by atoms with E-state index < -0.39 is 5.91 Å². The minimum Gasteiger partial charge on any atom is -0.377 e. The van der Waals surface area contributed by atoms with Crippen molar-refractivity contribution >= 4 is 17.4 Å². The van der Waals surface area contributed by atoms with E-state index in [1.165, 1.54) is 5.57 Å². The first kappa shape index (κ1) is 23.2. The first-order chi connectivity index (χ1) is 16.0. The van der Waals surface area contributed by atoms with Crippen LogP contribution in [0.2, 0.25) is 0 Å². The van der Waals surface area contributed by atoms with Gasteiger partial charge in [-0.1, -0.05) is 30.3 Å². The van der Waals surface area contributed by atoms with Crippen molar-refractivity contribution in [2.24, 2.45) is 0 Å². The molecule has 2 amide bonds. The maximum atomic E-state index is 13.5. The highest BCUT2D eigenvalue weighted by Crippen LogP contribution is 2.25. The average molecular weight is 450 g/mol. The summed E-state index contributed by atoms with van der Waals surface area (Å²) in [6.45, 7) is 7.83. The van der Waals surface area contributed by atoms with Gasteiger partial charge in [-0.3, -0.25) is 19.7 Å². The lowest BCUT2D eigenvalue weighted by Gasteiger charge is -2.44. The van der Waals surface area contributed by atoms with Gasteiger partial charge in [-0.25, -0.2) is 5.48 Å². The van der Waals surface area contributed by atoms with Gasteiger partial charge in [0, 0.05) is 42.8 Å². The van der Waals surface area contributed by atoms with Crippen molar-refractivity contribution in [1.29, 1.82) is 0 Å². The standard InChI is InChI=1S/C26H31N3O4/c1-18-15-28(17-20-6-8-22(9-7-20)25(30)27-32)16-19(2)29(18)26(31)24-5-3-4-23(14-24)21-10-12-33-13-11-21/h3-10,14,18-19,32H,11-13,15-17H2,1-2H3,(H,27,30)/t18-,19+. The second-order valence-electron chi connectivity index (χ2n) is 8.88. The molecular weight excluding hydrogens is 418 g/mol. The number of amides is 2. The van der Waals surface area contributed by atoms with E-state index in [0.717, 1.165) is 49.4 Å². The Morgan fingerprint density at radius 1 is 1.06 bits per heavy atom. The van der Waals surface area contributed by atoms with E-state index >= 15 is 0 Å². The van der Waals surface area contributed by atoms with Crippen LogP contribution in [0, 0.1) is 0 Å². The van der Waals surface area contributed by atoms with E-state index in [0.29, 0.717) is 12.2 Å². The van der Waals surface area contributed by atoms with Crippen LogP contribution in [0.25, 0.3) is 5.57 Å². The molecule has 33 heavy (non-hydrogen) atoms. The number of carbonyl (C=O) groups excluding carboxylic acids is 2. The van der Waals surface area contributed by atoms with E-state index in [1.807, 2.05) is 35.2 Å². The fraction of sp³-hybridized carbons (Fsp3) is 0.385.